The van der Waals surface area contributed by atoms with Crippen molar-refractivity contribution in [3.05, 3.63) is 23.9 Å². The number of rotatable bonds is 1. The molecule has 1 fully saturated rings. The Kier molecular flexibility index (Phi) is 2.76. The van der Waals surface area contributed by atoms with Crippen molar-refractivity contribution in [3.8, 4) is 0 Å². The summed E-state index contributed by atoms with van der Waals surface area (Å²) in [6, 6.07) is 2.35. The highest BCUT2D eigenvalue weighted by Crippen LogP contribution is 2.27. The SMILES string of the molecule is Cc1nc2ccnc(C3CC(N)CCN3C)n2n1. The lowest BCUT2D eigenvalue weighted by Crippen LogP contribution is -2.41. The lowest BCUT2D eigenvalue weighted by Gasteiger charge is -2.34. The Bertz CT molecular complexity index is 563. The van der Waals surface area contributed by atoms with Gasteiger partial charge in [-0.15, -0.1) is 5.10 Å². The van der Waals surface area contributed by atoms with E-state index in [0.29, 0.717) is 0 Å². The number of fused-ring (bicyclic) bond motifs is 1. The summed E-state index contributed by atoms with van der Waals surface area (Å²) in [6.07, 6.45) is 3.76. The van der Waals surface area contributed by atoms with Gasteiger partial charge in [-0.05, 0) is 26.8 Å². The lowest BCUT2D eigenvalue weighted by atomic mass is 9.98. The molecule has 2 unspecified atom stereocenters. The number of nitrogens with zero attached hydrogens (tertiary/aromatic N) is 5. The van der Waals surface area contributed by atoms with Crippen LogP contribution in [-0.2, 0) is 0 Å². The van der Waals surface area contributed by atoms with E-state index >= 15 is 0 Å². The molecule has 0 aromatic carbocycles. The lowest BCUT2D eigenvalue weighted by molar-refractivity contribution is 0.162. The molecule has 1 aliphatic rings. The minimum absolute atomic E-state index is 0.221. The fraction of sp³-hybridized carbons (Fsp3) is 0.583. The predicted molar refractivity (Wildman–Crippen MR) is 68.1 cm³/mol. The molecule has 3 heterocycles. The molecule has 2 aromatic rings. The molecule has 0 aliphatic carbocycles. The van der Waals surface area contributed by atoms with E-state index in [9.17, 15) is 0 Å². The van der Waals surface area contributed by atoms with Crippen molar-refractivity contribution in [3.63, 3.8) is 0 Å². The van der Waals surface area contributed by atoms with Crippen LogP contribution >= 0.6 is 0 Å². The summed E-state index contributed by atoms with van der Waals surface area (Å²) in [6.45, 7) is 2.89. The number of hydrogen-bond donors (Lipinski definition) is 1. The van der Waals surface area contributed by atoms with Crippen LogP contribution in [0.1, 0.15) is 30.5 Å². The van der Waals surface area contributed by atoms with Crippen molar-refractivity contribution in [1.82, 2.24) is 24.5 Å². The fourth-order valence-corrected chi connectivity index (χ4v) is 2.58. The third-order valence-electron chi connectivity index (χ3n) is 3.59. The van der Waals surface area contributed by atoms with Crippen molar-refractivity contribution in [2.75, 3.05) is 13.6 Å². The number of nitrogens with two attached hydrogens (primary N) is 1. The molecule has 6 nitrogen and oxygen atoms in total. The van der Waals surface area contributed by atoms with Crippen molar-refractivity contribution in [1.29, 1.82) is 0 Å². The highest BCUT2D eigenvalue weighted by atomic mass is 15.3. The second-order valence-electron chi connectivity index (χ2n) is 5.01. The summed E-state index contributed by atoms with van der Waals surface area (Å²) in [7, 11) is 2.11. The van der Waals surface area contributed by atoms with Crippen molar-refractivity contribution < 1.29 is 0 Å². The molecular formula is C12H18N6. The van der Waals surface area contributed by atoms with Crippen molar-refractivity contribution in [2.45, 2.75) is 31.8 Å². The summed E-state index contributed by atoms with van der Waals surface area (Å²) in [5.41, 5.74) is 6.93. The Morgan fingerprint density at radius 3 is 3.11 bits per heavy atom. The second-order valence-corrected chi connectivity index (χ2v) is 5.01. The van der Waals surface area contributed by atoms with E-state index in [1.165, 1.54) is 0 Å². The average Bonchev–Trinajstić information content (AvgIpc) is 2.72. The van der Waals surface area contributed by atoms with Gasteiger partial charge >= 0.3 is 0 Å². The summed E-state index contributed by atoms with van der Waals surface area (Å²) in [5, 5.41) is 4.42. The van der Waals surface area contributed by atoms with E-state index < -0.39 is 0 Å². The van der Waals surface area contributed by atoms with Gasteiger partial charge in [-0.25, -0.2) is 9.97 Å². The minimum Gasteiger partial charge on any atom is -0.328 e. The van der Waals surface area contributed by atoms with Crippen molar-refractivity contribution >= 4 is 5.65 Å². The largest absolute Gasteiger partial charge is 0.328 e. The molecule has 0 amide bonds. The highest BCUT2D eigenvalue weighted by molar-refractivity contribution is 5.36. The van der Waals surface area contributed by atoms with E-state index in [2.05, 4.69) is 27.0 Å². The Morgan fingerprint density at radius 2 is 2.28 bits per heavy atom. The van der Waals surface area contributed by atoms with Crippen LogP contribution in [0.15, 0.2) is 12.3 Å². The van der Waals surface area contributed by atoms with E-state index in [4.69, 9.17) is 5.73 Å². The molecule has 2 atom stereocenters. The molecule has 2 N–H and O–H groups in total. The molecule has 1 aliphatic heterocycles. The van der Waals surface area contributed by atoms with Gasteiger partial charge in [0.05, 0.1) is 6.04 Å². The van der Waals surface area contributed by atoms with Gasteiger partial charge in [0.2, 0.25) is 0 Å². The maximum atomic E-state index is 6.07. The molecule has 1 saturated heterocycles. The number of aryl methyl sites for hydroxylation is 1. The van der Waals surface area contributed by atoms with Gasteiger partial charge in [0.15, 0.2) is 5.65 Å². The van der Waals surface area contributed by atoms with Gasteiger partial charge < -0.3 is 5.73 Å². The van der Waals surface area contributed by atoms with Crippen LogP contribution < -0.4 is 5.73 Å². The Balaban J connectivity index is 2.07. The van der Waals surface area contributed by atoms with E-state index in [-0.39, 0.29) is 12.1 Å². The molecule has 0 bridgehead atoms. The predicted octanol–water partition coefficient (Wildman–Crippen LogP) is 0.527. The molecule has 96 valence electrons. The normalized spacial score (nSPS) is 25.7. The molecule has 3 rings (SSSR count). The van der Waals surface area contributed by atoms with Crippen LogP contribution in [0.2, 0.25) is 0 Å². The third kappa shape index (κ3) is 1.87. The zero-order valence-corrected chi connectivity index (χ0v) is 10.7. The van der Waals surface area contributed by atoms with E-state index in [1.54, 1.807) is 6.20 Å². The molecule has 0 radical (unpaired) electrons. The van der Waals surface area contributed by atoms with Crippen LogP contribution in [0.3, 0.4) is 0 Å². The van der Waals surface area contributed by atoms with Gasteiger partial charge in [-0.1, -0.05) is 0 Å². The minimum atomic E-state index is 0.221. The number of likely N-dealkylation sites (tertiary alicyclic amines) is 1. The second kappa shape index (κ2) is 4.29. The van der Waals surface area contributed by atoms with Gasteiger partial charge in [0.25, 0.3) is 0 Å². The van der Waals surface area contributed by atoms with E-state index in [0.717, 1.165) is 36.7 Å². The zero-order chi connectivity index (χ0) is 12.7. The first-order chi connectivity index (χ1) is 8.65. The highest BCUT2D eigenvalue weighted by Gasteiger charge is 2.28. The third-order valence-corrected chi connectivity index (χ3v) is 3.59. The standard InChI is InChI=1S/C12H18N6/c1-8-15-11-3-5-14-12(18(11)16-8)10-7-9(13)4-6-17(10)2/h3,5,9-10H,4,6-7,13H2,1-2H3. The van der Waals surface area contributed by atoms with Crippen molar-refractivity contribution in [2.24, 2.45) is 5.73 Å². The maximum absolute atomic E-state index is 6.07. The fourth-order valence-electron chi connectivity index (χ4n) is 2.58. The zero-order valence-electron chi connectivity index (χ0n) is 10.7. The van der Waals surface area contributed by atoms with Gasteiger partial charge in [0.1, 0.15) is 11.6 Å². The number of piperidine rings is 1. The molecule has 6 heteroatoms. The summed E-state index contributed by atoms with van der Waals surface area (Å²) >= 11 is 0. The Labute approximate surface area is 106 Å². The molecule has 0 spiro atoms. The monoisotopic (exact) mass is 246 g/mol. The van der Waals surface area contributed by atoms with Crippen LogP contribution in [0.4, 0.5) is 0 Å². The van der Waals surface area contributed by atoms with Gasteiger partial charge in [-0.2, -0.15) is 4.52 Å². The topological polar surface area (TPSA) is 72.3 Å². The van der Waals surface area contributed by atoms with Gasteiger partial charge in [0, 0.05) is 24.8 Å². The summed E-state index contributed by atoms with van der Waals surface area (Å²) < 4.78 is 1.84. The molecular weight excluding hydrogens is 228 g/mol. The first kappa shape index (κ1) is 11.6. The molecule has 0 saturated carbocycles. The number of aromatic nitrogens is 4. The number of hydrogen-bond acceptors (Lipinski definition) is 5. The molecule has 2 aromatic heterocycles. The summed E-state index contributed by atoms with van der Waals surface area (Å²) in [4.78, 5) is 11.2. The quantitative estimate of drug-likeness (QED) is 0.794. The van der Waals surface area contributed by atoms with Gasteiger partial charge in [-0.3, -0.25) is 4.90 Å². The first-order valence-corrected chi connectivity index (χ1v) is 6.29. The van der Waals surface area contributed by atoms with Crippen LogP contribution in [-0.4, -0.2) is 44.1 Å². The van der Waals surface area contributed by atoms with E-state index in [1.807, 2.05) is 17.5 Å². The first-order valence-electron chi connectivity index (χ1n) is 6.29. The molecule has 18 heavy (non-hydrogen) atoms. The van der Waals surface area contributed by atoms with Crippen LogP contribution in [0.25, 0.3) is 5.65 Å². The Morgan fingerprint density at radius 1 is 1.44 bits per heavy atom. The van der Waals surface area contributed by atoms with Crippen LogP contribution in [0, 0.1) is 6.92 Å². The Hall–Kier alpha value is -1.53. The maximum Gasteiger partial charge on any atom is 0.159 e. The smallest absolute Gasteiger partial charge is 0.159 e. The average molecular weight is 246 g/mol. The van der Waals surface area contributed by atoms with Crippen LogP contribution in [0.5, 0.6) is 0 Å². The summed E-state index contributed by atoms with van der Waals surface area (Å²) in [5.74, 6) is 1.71.